The summed E-state index contributed by atoms with van der Waals surface area (Å²) in [6.45, 7) is 6.88. The second-order valence-corrected chi connectivity index (χ2v) is 5.17. The van der Waals surface area contributed by atoms with Gasteiger partial charge in [0.15, 0.2) is 0 Å². The van der Waals surface area contributed by atoms with Gasteiger partial charge in [-0.1, -0.05) is 27.2 Å². The maximum atomic E-state index is 9.87. The zero-order valence-electron chi connectivity index (χ0n) is 9.66. The fourth-order valence-electron chi connectivity index (χ4n) is 2.83. The van der Waals surface area contributed by atoms with Crippen LogP contribution in [-0.2, 0) is 0 Å². The minimum Gasteiger partial charge on any atom is -0.396 e. The monoisotopic (exact) mass is 200 g/mol. The van der Waals surface area contributed by atoms with Crippen LogP contribution in [-0.4, -0.2) is 22.9 Å². The lowest BCUT2D eigenvalue weighted by Crippen LogP contribution is -2.42. The van der Waals surface area contributed by atoms with E-state index in [0.717, 1.165) is 19.3 Å². The van der Waals surface area contributed by atoms with Gasteiger partial charge >= 0.3 is 0 Å². The van der Waals surface area contributed by atoms with Gasteiger partial charge in [0.25, 0.3) is 0 Å². The third-order valence-electron chi connectivity index (χ3n) is 4.52. The molecule has 2 heteroatoms. The van der Waals surface area contributed by atoms with Crippen molar-refractivity contribution in [1.82, 2.24) is 0 Å². The molecule has 0 aromatic heterocycles. The topological polar surface area (TPSA) is 40.5 Å². The van der Waals surface area contributed by atoms with Crippen molar-refractivity contribution in [3.8, 4) is 0 Å². The van der Waals surface area contributed by atoms with Crippen LogP contribution < -0.4 is 0 Å². The summed E-state index contributed by atoms with van der Waals surface area (Å²) in [6, 6.07) is 0. The SMILES string of the molecule is CC1C(O)CCC[C@]1(C)[C@H](C)CCO. The molecule has 1 rings (SSSR count). The van der Waals surface area contributed by atoms with Crippen molar-refractivity contribution in [2.24, 2.45) is 17.3 Å². The molecule has 2 nitrogen and oxygen atoms in total. The average molecular weight is 200 g/mol. The Kier molecular flexibility index (Phi) is 3.96. The van der Waals surface area contributed by atoms with Gasteiger partial charge < -0.3 is 10.2 Å². The molecule has 14 heavy (non-hydrogen) atoms. The second-order valence-electron chi connectivity index (χ2n) is 5.17. The molecule has 0 aliphatic heterocycles. The quantitative estimate of drug-likeness (QED) is 0.733. The van der Waals surface area contributed by atoms with Crippen molar-refractivity contribution in [3.05, 3.63) is 0 Å². The van der Waals surface area contributed by atoms with E-state index >= 15 is 0 Å². The van der Waals surface area contributed by atoms with Crippen LogP contribution in [0.5, 0.6) is 0 Å². The molecule has 1 saturated carbocycles. The van der Waals surface area contributed by atoms with E-state index in [1.54, 1.807) is 0 Å². The van der Waals surface area contributed by atoms with E-state index in [4.69, 9.17) is 5.11 Å². The van der Waals surface area contributed by atoms with E-state index in [1.807, 2.05) is 0 Å². The van der Waals surface area contributed by atoms with Gasteiger partial charge in [0.1, 0.15) is 0 Å². The Bertz CT molecular complexity index is 181. The number of hydrogen-bond donors (Lipinski definition) is 2. The molecule has 4 atom stereocenters. The number of hydrogen-bond acceptors (Lipinski definition) is 2. The molecule has 2 unspecified atom stereocenters. The van der Waals surface area contributed by atoms with Crippen molar-refractivity contribution < 1.29 is 10.2 Å². The van der Waals surface area contributed by atoms with Crippen LogP contribution in [0, 0.1) is 17.3 Å². The molecule has 0 spiro atoms. The smallest absolute Gasteiger partial charge is 0.0571 e. The zero-order valence-corrected chi connectivity index (χ0v) is 9.66. The first kappa shape index (κ1) is 12.0. The van der Waals surface area contributed by atoms with Crippen LogP contribution in [0.1, 0.15) is 46.5 Å². The molecular formula is C12H24O2. The van der Waals surface area contributed by atoms with Gasteiger partial charge in [-0.05, 0) is 36.5 Å². The summed E-state index contributed by atoms with van der Waals surface area (Å²) >= 11 is 0. The molecule has 1 aliphatic carbocycles. The highest BCUT2D eigenvalue weighted by Gasteiger charge is 2.41. The van der Waals surface area contributed by atoms with Gasteiger partial charge in [-0.25, -0.2) is 0 Å². The first-order valence-corrected chi connectivity index (χ1v) is 5.81. The first-order valence-electron chi connectivity index (χ1n) is 5.81. The Hall–Kier alpha value is -0.0800. The fourth-order valence-corrected chi connectivity index (χ4v) is 2.83. The van der Waals surface area contributed by atoms with Crippen molar-refractivity contribution in [3.63, 3.8) is 0 Å². The van der Waals surface area contributed by atoms with Crippen LogP contribution in [0.2, 0.25) is 0 Å². The van der Waals surface area contributed by atoms with Gasteiger partial charge in [0, 0.05) is 6.61 Å². The fraction of sp³-hybridized carbons (Fsp3) is 1.00. The van der Waals surface area contributed by atoms with Crippen LogP contribution in [0.4, 0.5) is 0 Å². The minimum atomic E-state index is -0.144. The largest absolute Gasteiger partial charge is 0.396 e. The third-order valence-corrected chi connectivity index (χ3v) is 4.52. The van der Waals surface area contributed by atoms with Crippen molar-refractivity contribution in [2.45, 2.75) is 52.6 Å². The molecule has 0 amide bonds. The molecule has 0 radical (unpaired) electrons. The molecule has 84 valence electrons. The van der Waals surface area contributed by atoms with E-state index in [-0.39, 0.29) is 18.1 Å². The third kappa shape index (κ3) is 2.12. The summed E-state index contributed by atoms with van der Waals surface area (Å²) < 4.78 is 0. The van der Waals surface area contributed by atoms with Crippen LogP contribution in [0.3, 0.4) is 0 Å². The lowest BCUT2D eigenvalue weighted by Gasteiger charge is -2.46. The molecule has 0 aromatic rings. The summed E-state index contributed by atoms with van der Waals surface area (Å²) in [6.07, 6.45) is 3.97. The number of rotatable bonds is 3. The van der Waals surface area contributed by atoms with E-state index in [9.17, 15) is 5.11 Å². The highest BCUT2D eigenvalue weighted by Crippen LogP contribution is 2.47. The van der Waals surface area contributed by atoms with Gasteiger partial charge in [-0.15, -0.1) is 0 Å². The summed E-state index contributed by atoms with van der Waals surface area (Å²) in [5.41, 5.74) is 0.209. The van der Waals surface area contributed by atoms with Gasteiger partial charge in [-0.3, -0.25) is 0 Å². The lowest BCUT2D eigenvalue weighted by atomic mass is 9.60. The molecule has 0 heterocycles. The summed E-state index contributed by atoms with van der Waals surface area (Å²) in [4.78, 5) is 0. The van der Waals surface area contributed by atoms with Crippen LogP contribution in [0.15, 0.2) is 0 Å². The Morgan fingerprint density at radius 2 is 2.14 bits per heavy atom. The lowest BCUT2D eigenvalue weighted by molar-refractivity contribution is -0.0424. The highest BCUT2D eigenvalue weighted by atomic mass is 16.3. The normalized spacial score (nSPS) is 40.9. The molecule has 2 N–H and O–H groups in total. The maximum Gasteiger partial charge on any atom is 0.0571 e. The van der Waals surface area contributed by atoms with Gasteiger partial charge in [0.05, 0.1) is 6.10 Å². The highest BCUT2D eigenvalue weighted by molar-refractivity contribution is 4.91. The summed E-state index contributed by atoms with van der Waals surface area (Å²) in [5.74, 6) is 0.857. The summed E-state index contributed by atoms with van der Waals surface area (Å²) in [7, 11) is 0. The molecular weight excluding hydrogens is 176 g/mol. The van der Waals surface area contributed by atoms with Gasteiger partial charge in [-0.2, -0.15) is 0 Å². The molecule has 0 saturated heterocycles. The maximum absolute atomic E-state index is 9.87. The molecule has 0 bridgehead atoms. The Morgan fingerprint density at radius 1 is 1.50 bits per heavy atom. The average Bonchev–Trinajstić information content (AvgIpc) is 2.14. The van der Waals surface area contributed by atoms with E-state index < -0.39 is 0 Å². The predicted molar refractivity (Wildman–Crippen MR) is 58.0 cm³/mol. The Balaban J connectivity index is 2.69. The standard InChI is InChI=1S/C12H24O2/c1-9(6-8-13)12(3)7-4-5-11(14)10(12)2/h9-11,13-14H,4-8H2,1-3H3/t9-,10?,11?,12-/m1/s1. The first-order chi connectivity index (χ1) is 6.52. The summed E-state index contributed by atoms with van der Waals surface area (Å²) in [5, 5.41) is 18.8. The molecule has 1 aliphatic rings. The van der Waals surface area contributed by atoms with E-state index in [1.165, 1.54) is 6.42 Å². The van der Waals surface area contributed by atoms with Gasteiger partial charge in [0.2, 0.25) is 0 Å². The Labute approximate surface area is 87.3 Å². The number of aliphatic hydroxyl groups is 2. The number of aliphatic hydroxyl groups excluding tert-OH is 2. The zero-order chi connectivity index (χ0) is 10.8. The van der Waals surface area contributed by atoms with E-state index in [0.29, 0.717) is 11.8 Å². The van der Waals surface area contributed by atoms with E-state index in [2.05, 4.69) is 20.8 Å². The minimum absolute atomic E-state index is 0.144. The van der Waals surface area contributed by atoms with Crippen LogP contribution in [0.25, 0.3) is 0 Å². The second kappa shape index (κ2) is 4.63. The van der Waals surface area contributed by atoms with Crippen molar-refractivity contribution in [2.75, 3.05) is 6.61 Å². The molecule has 1 fully saturated rings. The van der Waals surface area contributed by atoms with Crippen molar-refractivity contribution >= 4 is 0 Å². The Morgan fingerprint density at radius 3 is 2.71 bits per heavy atom. The predicted octanol–water partition coefficient (Wildman–Crippen LogP) is 2.19. The molecule has 0 aromatic carbocycles. The van der Waals surface area contributed by atoms with Crippen LogP contribution >= 0.6 is 0 Å². The van der Waals surface area contributed by atoms with Crippen molar-refractivity contribution in [1.29, 1.82) is 0 Å².